The average molecular weight is 315 g/mol. The third kappa shape index (κ3) is 2.26. The van der Waals surface area contributed by atoms with E-state index in [9.17, 15) is 0 Å². The molecule has 3 aromatic carbocycles. The van der Waals surface area contributed by atoms with Crippen molar-refractivity contribution in [3.8, 4) is 5.75 Å². The van der Waals surface area contributed by atoms with Gasteiger partial charge in [-0.2, -0.15) is 0 Å². The molecule has 1 heterocycles. The first-order valence-corrected chi connectivity index (χ1v) is 8.29. The van der Waals surface area contributed by atoms with Crippen molar-refractivity contribution in [2.24, 2.45) is 0 Å². The first-order chi connectivity index (χ1) is 11.7. The molecular formula is C22H21NO. The van der Waals surface area contributed by atoms with Crippen molar-refractivity contribution in [2.45, 2.75) is 18.5 Å². The van der Waals surface area contributed by atoms with Crippen LogP contribution in [0.5, 0.6) is 5.75 Å². The van der Waals surface area contributed by atoms with Gasteiger partial charge in [-0.3, -0.25) is 0 Å². The molecule has 1 aliphatic heterocycles. The summed E-state index contributed by atoms with van der Waals surface area (Å²) < 4.78 is 5.30. The van der Waals surface area contributed by atoms with Gasteiger partial charge in [-0.25, -0.2) is 0 Å². The fourth-order valence-electron chi connectivity index (χ4n) is 3.73. The summed E-state index contributed by atoms with van der Waals surface area (Å²) in [6, 6.07) is 30.2. The highest BCUT2D eigenvalue weighted by Gasteiger charge is 2.60. The van der Waals surface area contributed by atoms with E-state index >= 15 is 0 Å². The molecule has 0 saturated carbocycles. The van der Waals surface area contributed by atoms with E-state index < -0.39 is 0 Å². The zero-order valence-electron chi connectivity index (χ0n) is 14.0. The van der Waals surface area contributed by atoms with Crippen molar-refractivity contribution in [2.75, 3.05) is 12.0 Å². The van der Waals surface area contributed by atoms with E-state index in [0.29, 0.717) is 6.04 Å². The molecule has 4 rings (SSSR count). The van der Waals surface area contributed by atoms with Gasteiger partial charge in [-0.1, -0.05) is 60.7 Å². The van der Waals surface area contributed by atoms with Crippen LogP contribution in [0.2, 0.25) is 0 Å². The van der Waals surface area contributed by atoms with Crippen LogP contribution in [0.15, 0.2) is 84.9 Å². The highest BCUT2D eigenvalue weighted by molar-refractivity contribution is 5.66. The SMILES string of the molecule is COc1ccc(N2[C@H](c3ccccc3)[C@@]2(C)c2ccccc2)cc1. The molecule has 0 aliphatic carbocycles. The maximum absolute atomic E-state index is 5.30. The third-order valence-corrected chi connectivity index (χ3v) is 5.05. The zero-order chi connectivity index (χ0) is 16.6. The number of anilines is 1. The lowest BCUT2D eigenvalue weighted by Crippen LogP contribution is -2.11. The number of hydrogen-bond donors (Lipinski definition) is 0. The van der Waals surface area contributed by atoms with Crippen LogP contribution < -0.4 is 9.64 Å². The summed E-state index contributed by atoms with van der Waals surface area (Å²) in [5, 5.41) is 0. The van der Waals surface area contributed by atoms with E-state index in [4.69, 9.17) is 4.74 Å². The molecule has 0 unspecified atom stereocenters. The smallest absolute Gasteiger partial charge is 0.119 e. The number of benzene rings is 3. The molecule has 120 valence electrons. The molecule has 2 atom stereocenters. The zero-order valence-corrected chi connectivity index (χ0v) is 14.0. The van der Waals surface area contributed by atoms with Crippen LogP contribution in [-0.2, 0) is 5.54 Å². The molecular weight excluding hydrogens is 294 g/mol. The summed E-state index contributed by atoms with van der Waals surface area (Å²) in [6.45, 7) is 2.32. The number of hydrogen-bond acceptors (Lipinski definition) is 2. The fraction of sp³-hybridized carbons (Fsp3) is 0.182. The van der Waals surface area contributed by atoms with Gasteiger partial charge in [0.25, 0.3) is 0 Å². The summed E-state index contributed by atoms with van der Waals surface area (Å²) >= 11 is 0. The number of ether oxygens (including phenoxy) is 1. The molecule has 0 bridgehead atoms. The maximum Gasteiger partial charge on any atom is 0.119 e. The molecule has 0 amide bonds. The Labute approximate surface area is 143 Å². The first kappa shape index (κ1) is 14.8. The molecule has 2 nitrogen and oxygen atoms in total. The van der Waals surface area contributed by atoms with Crippen molar-refractivity contribution in [3.05, 3.63) is 96.1 Å². The Morgan fingerprint density at radius 1 is 0.792 bits per heavy atom. The van der Waals surface area contributed by atoms with Crippen molar-refractivity contribution in [3.63, 3.8) is 0 Å². The quantitative estimate of drug-likeness (QED) is 0.616. The molecule has 3 aromatic rings. The predicted octanol–water partition coefficient (Wildman–Crippen LogP) is 5.17. The average Bonchev–Trinajstić information content (AvgIpc) is 3.30. The van der Waals surface area contributed by atoms with Crippen LogP contribution in [0.1, 0.15) is 24.1 Å². The third-order valence-electron chi connectivity index (χ3n) is 5.05. The minimum Gasteiger partial charge on any atom is -0.497 e. The van der Waals surface area contributed by atoms with E-state index in [1.165, 1.54) is 16.8 Å². The molecule has 0 radical (unpaired) electrons. The van der Waals surface area contributed by atoms with Gasteiger partial charge in [0.1, 0.15) is 5.75 Å². The lowest BCUT2D eigenvalue weighted by molar-refractivity contribution is 0.415. The van der Waals surface area contributed by atoms with E-state index in [0.717, 1.165) is 5.75 Å². The monoisotopic (exact) mass is 315 g/mol. The summed E-state index contributed by atoms with van der Waals surface area (Å²) in [7, 11) is 1.70. The topological polar surface area (TPSA) is 12.2 Å². The summed E-state index contributed by atoms with van der Waals surface area (Å²) in [5.74, 6) is 0.887. The predicted molar refractivity (Wildman–Crippen MR) is 98.5 cm³/mol. The van der Waals surface area contributed by atoms with Crippen LogP contribution in [0.25, 0.3) is 0 Å². The van der Waals surface area contributed by atoms with Gasteiger partial charge >= 0.3 is 0 Å². The van der Waals surface area contributed by atoms with Gasteiger partial charge in [0.15, 0.2) is 0 Å². The Morgan fingerprint density at radius 3 is 1.96 bits per heavy atom. The van der Waals surface area contributed by atoms with Crippen LogP contribution >= 0.6 is 0 Å². The Morgan fingerprint density at radius 2 is 1.38 bits per heavy atom. The van der Waals surface area contributed by atoms with Crippen LogP contribution in [-0.4, -0.2) is 7.11 Å². The minimum absolute atomic E-state index is 0.0306. The molecule has 0 aromatic heterocycles. The van der Waals surface area contributed by atoms with E-state index in [1.807, 2.05) is 12.1 Å². The summed E-state index contributed by atoms with van der Waals surface area (Å²) in [5.41, 5.74) is 3.88. The first-order valence-electron chi connectivity index (χ1n) is 8.29. The molecule has 24 heavy (non-hydrogen) atoms. The highest BCUT2D eigenvalue weighted by atomic mass is 16.5. The van der Waals surface area contributed by atoms with Crippen LogP contribution in [0.4, 0.5) is 5.69 Å². The van der Waals surface area contributed by atoms with Gasteiger partial charge in [0.05, 0.1) is 18.7 Å². The Kier molecular flexibility index (Phi) is 3.53. The second-order valence-corrected chi connectivity index (χ2v) is 6.39. The summed E-state index contributed by atoms with van der Waals surface area (Å²) in [6.07, 6.45) is 0. The molecule has 1 fully saturated rings. The van der Waals surface area contributed by atoms with Gasteiger partial charge < -0.3 is 9.64 Å². The van der Waals surface area contributed by atoms with Gasteiger partial charge in [0.2, 0.25) is 0 Å². The summed E-state index contributed by atoms with van der Waals surface area (Å²) in [4.78, 5) is 2.48. The van der Waals surface area contributed by atoms with E-state index in [1.54, 1.807) is 7.11 Å². The van der Waals surface area contributed by atoms with E-state index in [-0.39, 0.29) is 5.54 Å². The maximum atomic E-state index is 5.30. The number of methoxy groups -OCH3 is 1. The van der Waals surface area contributed by atoms with Gasteiger partial charge in [-0.15, -0.1) is 0 Å². The van der Waals surface area contributed by atoms with Crippen LogP contribution in [0, 0.1) is 0 Å². The molecule has 1 aliphatic rings. The molecule has 0 spiro atoms. The van der Waals surface area contributed by atoms with Crippen molar-refractivity contribution in [1.82, 2.24) is 0 Å². The highest BCUT2D eigenvalue weighted by Crippen LogP contribution is 2.61. The number of nitrogens with zero attached hydrogens (tertiary/aromatic N) is 1. The fourth-order valence-corrected chi connectivity index (χ4v) is 3.73. The minimum atomic E-state index is -0.0306. The molecule has 0 N–H and O–H groups in total. The second-order valence-electron chi connectivity index (χ2n) is 6.39. The van der Waals surface area contributed by atoms with Gasteiger partial charge in [-0.05, 0) is 42.3 Å². The molecule has 1 saturated heterocycles. The lowest BCUT2D eigenvalue weighted by atomic mass is 9.93. The number of rotatable bonds is 4. The molecule has 2 heteroatoms. The standard InChI is InChI=1S/C22H21NO/c1-22(18-11-7-4-8-12-18)21(17-9-5-3-6-10-17)23(22)19-13-15-20(24-2)16-14-19/h3-16,21H,1-2H3/t21-,22-,23?/m1/s1. The van der Waals surface area contributed by atoms with Crippen molar-refractivity contribution < 1.29 is 4.74 Å². The Balaban J connectivity index is 1.78. The van der Waals surface area contributed by atoms with Crippen molar-refractivity contribution in [1.29, 1.82) is 0 Å². The largest absolute Gasteiger partial charge is 0.497 e. The normalized spacial score (nSPS) is 22.2. The van der Waals surface area contributed by atoms with Crippen LogP contribution in [0.3, 0.4) is 0 Å². The lowest BCUT2D eigenvalue weighted by Gasteiger charge is -2.14. The van der Waals surface area contributed by atoms with Gasteiger partial charge in [0, 0.05) is 5.69 Å². The van der Waals surface area contributed by atoms with Crippen molar-refractivity contribution >= 4 is 5.69 Å². The Hall–Kier alpha value is -2.74. The van der Waals surface area contributed by atoms with E-state index in [2.05, 4.69) is 84.6 Å². The Bertz CT molecular complexity index is 814. The second kappa shape index (κ2) is 5.72.